The number of aliphatic hydroxyl groups is 4. The quantitative estimate of drug-likeness (QED) is 0.445. The van der Waals surface area contributed by atoms with Crippen LogP contribution >= 0.6 is 0 Å². The van der Waals surface area contributed by atoms with Crippen LogP contribution in [0.2, 0.25) is 0 Å². The lowest BCUT2D eigenvalue weighted by Crippen LogP contribution is -2.44. The Morgan fingerprint density at radius 3 is 2.39 bits per heavy atom. The Bertz CT molecular complexity index is 528. The first-order valence-corrected chi connectivity index (χ1v) is 5.28. The number of Topliss-reactive ketones (excluding diaryl/α,β-unsaturated/α-hetero) is 1. The lowest BCUT2D eigenvalue weighted by atomic mass is 9.92. The van der Waals surface area contributed by atoms with Gasteiger partial charge in [-0.15, -0.1) is 0 Å². The summed E-state index contributed by atoms with van der Waals surface area (Å²) in [5, 5.41) is 37.7. The van der Waals surface area contributed by atoms with Crippen LogP contribution in [-0.2, 0) is 0 Å². The number of hydrogen-bond donors (Lipinski definition) is 4. The lowest BCUT2D eigenvalue weighted by Gasteiger charge is -2.27. The molecule has 1 aromatic carbocycles. The topological polar surface area (TPSA) is 98.0 Å². The molecular weight excluding hydrogens is 236 g/mol. The molecule has 1 aromatic rings. The van der Waals surface area contributed by atoms with Gasteiger partial charge in [0, 0.05) is 5.56 Å². The largest absolute Gasteiger partial charge is 0.509 e. The third-order valence-corrected chi connectivity index (χ3v) is 2.71. The van der Waals surface area contributed by atoms with Gasteiger partial charge in [0.25, 0.3) is 0 Å². The molecule has 0 radical (unpaired) electrons. The minimum absolute atomic E-state index is 0.160. The number of rotatable bonds is 2. The molecular formula is C13H12O5. The van der Waals surface area contributed by atoms with Crippen molar-refractivity contribution in [2.45, 2.75) is 11.9 Å². The highest BCUT2D eigenvalue weighted by Gasteiger charge is 2.39. The van der Waals surface area contributed by atoms with E-state index in [0.29, 0.717) is 5.56 Å². The van der Waals surface area contributed by atoms with Crippen LogP contribution in [0.15, 0.2) is 53.8 Å². The zero-order chi connectivity index (χ0) is 13.3. The first-order valence-electron chi connectivity index (χ1n) is 5.28. The van der Waals surface area contributed by atoms with Crippen LogP contribution in [-0.4, -0.2) is 38.1 Å². The van der Waals surface area contributed by atoms with Crippen LogP contribution in [0.4, 0.5) is 0 Å². The number of aliphatic hydroxyl groups excluding tert-OH is 2. The summed E-state index contributed by atoms with van der Waals surface area (Å²) in [7, 11) is 0. The molecule has 94 valence electrons. The van der Waals surface area contributed by atoms with Crippen molar-refractivity contribution < 1.29 is 25.2 Å². The number of hydrogen-bond acceptors (Lipinski definition) is 5. The number of allylic oxidation sites excluding steroid dienone is 2. The summed E-state index contributed by atoms with van der Waals surface area (Å²) in [4.78, 5) is 12.0. The van der Waals surface area contributed by atoms with Gasteiger partial charge in [0.15, 0.2) is 11.9 Å². The van der Waals surface area contributed by atoms with Crippen molar-refractivity contribution >= 4 is 5.78 Å². The highest BCUT2D eigenvalue weighted by atomic mass is 16.5. The van der Waals surface area contributed by atoms with Crippen LogP contribution in [0.1, 0.15) is 10.4 Å². The molecule has 0 saturated heterocycles. The van der Waals surface area contributed by atoms with E-state index in [1.807, 2.05) is 0 Å². The standard InChI is InChI=1S/C13H12O5/c14-10(8-4-2-1-3-5-8)9-6-7-13(17,18)12(16)11(9)15/h1-7,12,15-18H. The van der Waals surface area contributed by atoms with E-state index in [2.05, 4.69) is 0 Å². The van der Waals surface area contributed by atoms with Gasteiger partial charge in [-0.25, -0.2) is 0 Å². The lowest BCUT2D eigenvalue weighted by molar-refractivity contribution is -0.186. The van der Waals surface area contributed by atoms with Crippen LogP contribution < -0.4 is 0 Å². The zero-order valence-electron chi connectivity index (χ0n) is 9.32. The summed E-state index contributed by atoms with van der Waals surface area (Å²) < 4.78 is 0. The highest BCUT2D eigenvalue weighted by Crippen LogP contribution is 2.26. The van der Waals surface area contributed by atoms with E-state index in [4.69, 9.17) is 0 Å². The van der Waals surface area contributed by atoms with Gasteiger partial charge in [-0.05, 0) is 12.2 Å². The predicted octanol–water partition coefficient (Wildman–Crippen LogP) is 0.293. The molecule has 0 aromatic heterocycles. The SMILES string of the molecule is O=C(C1=C(O)C(O)C(O)(O)C=C1)c1ccccc1. The molecule has 0 amide bonds. The summed E-state index contributed by atoms with van der Waals surface area (Å²) in [6.07, 6.45) is -0.00420. The molecule has 1 atom stereocenters. The molecule has 5 nitrogen and oxygen atoms in total. The summed E-state index contributed by atoms with van der Waals surface area (Å²) in [5.41, 5.74) is 0.173. The molecule has 5 heteroatoms. The van der Waals surface area contributed by atoms with E-state index in [-0.39, 0.29) is 5.57 Å². The Kier molecular flexibility index (Phi) is 3.04. The number of benzene rings is 1. The molecule has 1 unspecified atom stereocenters. The highest BCUT2D eigenvalue weighted by molar-refractivity contribution is 6.11. The van der Waals surface area contributed by atoms with E-state index in [9.17, 15) is 25.2 Å². The third kappa shape index (κ3) is 2.06. The molecule has 0 saturated carbocycles. The average Bonchev–Trinajstić information content (AvgIpc) is 2.37. The van der Waals surface area contributed by atoms with Gasteiger partial charge in [-0.2, -0.15) is 0 Å². The molecule has 4 N–H and O–H groups in total. The van der Waals surface area contributed by atoms with Gasteiger partial charge in [-0.3, -0.25) is 4.79 Å². The van der Waals surface area contributed by atoms with Gasteiger partial charge in [0.1, 0.15) is 5.76 Å². The molecule has 0 bridgehead atoms. The predicted molar refractivity (Wildman–Crippen MR) is 62.7 cm³/mol. The maximum Gasteiger partial charge on any atom is 0.217 e. The fourth-order valence-corrected chi connectivity index (χ4v) is 1.67. The maximum atomic E-state index is 12.0. The van der Waals surface area contributed by atoms with Crippen molar-refractivity contribution in [2.24, 2.45) is 0 Å². The van der Waals surface area contributed by atoms with E-state index in [1.165, 1.54) is 0 Å². The summed E-state index contributed by atoms with van der Waals surface area (Å²) in [6.45, 7) is 0. The molecule has 0 fully saturated rings. The fourth-order valence-electron chi connectivity index (χ4n) is 1.67. The molecule has 0 heterocycles. The van der Waals surface area contributed by atoms with Crippen LogP contribution in [0.5, 0.6) is 0 Å². The first kappa shape index (κ1) is 12.5. The van der Waals surface area contributed by atoms with Crippen molar-refractivity contribution in [3.05, 3.63) is 59.4 Å². The maximum absolute atomic E-state index is 12.0. The second-order valence-electron chi connectivity index (χ2n) is 4.01. The first-order chi connectivity index (χ1) is 8.43. The molecule has 1 aliphatic carbocycles. The minimum Gasteiger partial charge on any atom is -0.509 e. The minimum atomic E-state index is -2.56. The Labute approximate surface area is 103 Å². The summed E-state index contributed by atoms with van der Waals surface area (Å²) in [5.74, 6) is -3.82. The van der Waals surface area contributed by atoms with Crippen LogP contribution in [0, 0.1) is 0 Å². The van der Waals surface area contributed by atoms with E-state index in [0.717, 1.165) is 12.2 Å². The Morgan fingerprint density at radius 1 is 1.17 bits per heavy atom. The van der Waals surface area contributed by atoms with Gasteiger partial charge in [0.2, 0.25) is 5.79 Å². The van der Waals surface area contributed by atoms with Crippen molar-refractivity contribution in [1.29, 1.82) is 0 Å². The molecule has 2 rings (SSSR count). The number of carbonyl (C=O) groups is 1. The fraction of sp³-hybridized carbons (Fsp3) is 0.154. The van der Waals surface area contributed by atoms with E-state index >= 15 is 0 Å². The zero-order valence-corrected chi connectivity index (χ0v) is 9.32. The van der Waals surface area contributed by atoms with Crippen molar-refractivity contribution in [1.82, 2.24) is 0 Å². The van der Waals surface area contributed by atoms with Gasteiger partial charge < -0.3 is 20.4 Å². The smallest absolute Gasteiger partial charge is 0.217 e. The second-order valence-corrected chi connectivity index (χ2v) is 4.01. The molecule has 0 aliphatic heterocycles. The molecule has 18 heavy (non-hydrogen) atoms. The Balaban J connectivity index is 2.39. The Morgan fingerprint density at radius 2 is 1.78 bits per heavy atom. The second kappa shape index (κ2) is 4.38. The van der Waals surface area contributed by atoms with Gasteiger partial charge >= 0.3 is 0 Å². The third-order valence-electron chi connectivity index (χ3n) is 2.71. The summed E-state index contributed by atoms with van der Waals surface area (Å²) in [6, 6.07) is 8.18. The van der Waals surface area contributed by atoms with Crippen molar-refractivity contribution in [2.75, 3.05) is 0 Å². The summed E-state index contributed by atoms with van der Waals surface area (Å²) >= 11 is 0. The number of carbonyl (C=O) groups excluding carboxylic acids is 1. The van der Waals surface area contributed by atoms with E-state index < -0.39 is 23.4 Å². The average molecular weight is 248 g/mol. The number of ketones is 1. The van der Waals surface area contributed by atoms with Crippen LogP contribution in [0.25, 0.3) is 0 Å². The van der Waals surface area contributed by atoms with Gasteiger partial charge in [-0.1, -0.05) is 30.3 Å². The van der Waals surface area contributed by atoms with Crippen molar-refractivity contribution in [3.8, 4) is 0 Å². The van der Waals surface area contributed by atoms with E-state index in [1.54, 1.807) is 30.3 Å². The van der Waals surface area contributed by atoms with Crippen LogP contribution in [0.3, 0.4) is 0 Å². The monoisotopic (exact) mass is 248 g/mol. The van der Waals surface area contributed by atoms with Gasteiger partial charge in [0.05, 0.1) is 5.57 Å². The van der Waals surface area contributed by atoms with Crippen molar-refractivity contribution in [3.63, 3.8) is 0 Å². The Hall–Kier alpha value is -1.95. The molecule has 0 spiro atoms. The molecule has 1 aliphatic rings. The normalized spacial score (nSPS) is 22.1.